The van der Waals surface area contributed by atoms with Crippen LogP contribution >= 0.6 is 0 Å². The molecular formula is C11H23N3. The second-order valence-corrected chi connectivity index (χ2v) is 4.88. The summed E-state index contributed by atoms with van der Waals surface area (Å²) in [5, 5.41) is 3.44. The van der Waals surface area contributed by atoms with Gasteiger partial charge in [0.2, 0.25) is 0 Å². The third-order valence-corrected chi connectivity index (χ3v) is 3.75. The second kappa shape index (κ2) is 4.60. The van der Waals surface area contributed by atoms with Crippen LogP contribution in [0.5, 0.6) is 0 Å². The molecule has 1 atom stereocenters. The lowest BCUT2D eigenvalue weighted by Gasteiger charge is -2.32. The molecule has 0 aromatic carbocycles. The molecule has 2 saturated heterocycles. The zero-order chi connectivity index (χ0) is 9.97. The van der Waals surface area contributed by atoms with Crippen LogP contribution in [0.2, 0.25) is 0 Å². The Hall–Kier alpha value is -0.120. The number of hydrogen-bond donors (Lipinski definition) is 1. The molecule has 2 heterocycles. The van der Waals surface area contributed by atoms with Crippen LogP contribution in [0.15, 0.2) is 0 Å². The monoisotopic (exact) mass is 197 g/mol. The van der Waals surface area contributed by atoms with Gasteiger partial charge in [0.05, 0.1) is 0 Å². The van der Waals surface area contributed by atoms with Crippen LogP contribution in [-0.4, -0.2) is 62.2 Å². The molecule has 2 aliphatic heterocycles. The predicted molar refractivity (Wildman–Crippen MR) is 59.6 cm³/mol. The van der Waals surface area contributed by atoms with E-state index >= 15 is 0 Å². The van der Waals surface area contributed by atoms with Crippen molar-refractivity contribution in [3.8, 4) is 0 Å². The van der Waals surface area contributed by atoms with Gasteiger partial charge in [-0.1, -0.05) is 0 Å². The molecule has 0 bridgehead atoms. The van der Waals surface area contributed by atoms with Crippen LogP contribution in [0.1, 0.15) is 19.3 Å². The summed E-state index contributed by atoms with van der Waals surface area (Å²) in [7, 11) is 4.41. The molecule has 0 aromatic heterocycles. The highest BCUT2D eigenvalue weighted by atomic mass is 15.2. The van der Waals surface area contributed by atoms with E-state index in [4.69, 9.17) is 0 Å². The van der Waals surface area contributed by atoms with Gasteiger partial charge in [0.1, 0.15) is 0 Å². The lowest BCUT2D eigenvalue weighted by molar-refractivity contribution is 0.182. The molecule has 1 unspecified atom stereocenters. The van der Waals surface area contributed by atoms with E-state index in [1.807, 2.05) is 0 Å². The van der Waals surface area contributed by atoms with Crippen LogP contribution < -0.4 is 5.32 Å². The van der Waals surface area contributed by atoms with E-state index in [-0.39, 0.29) is 0 Å². The van der Waals surface area contributed by atoms with Gasteiger partial charge < -0.3 is 10.2 Å². The molecule has 0 aliphatic carbocycles. The molecule has 3 nitrogen and oxygen atoms in total. The fourth-order valence-electron chi connectivity index (χ4n) is 2.69. The first-order valence-electron chi connectivity index (χ1n) is 5.88. The highest BCUT2D eigenvalue weighted by Crippen LogP contribution is 2.20. The smallest absolute Gasteiger partial charge is 0.0229 e. The van der Waals surface area contributed by atoms with Crippen molar-refractivity contribution in [3.05, 3.63) is 0 Å². The number of piperidine rings is 1. The van der Waals surface area contributed by atoms with E-state index in [1.165, 1.54) is 45.4 Å². The van der Waals surface area contributed by atoms with Gasteiger partial charge in [0.15, 0.2) is 0 Å². The van der Waals surface area contributed by atoms with E-state index < -0.39 is 0 Å². The van der Waals surface area contributed by atoms with Crippen molar-refractivity contribution in [2.24, 2.45) is 0 Å². The maximum Gasteiger partial charge on any atom is 0.0229 e. The Morgan fingerprint density at radius 2 is 1.86 bits per heavy atom. The van der Waals surface area contributed by atoms with Gasteiger partial charge in [-0.05, 0) is 46.4 Å². The Kier molecular flexibility index (Phi) is 3.42. The minimum atomic E-state index is 0.796. The van der Waals surface area contributed by atoms with Gasteiger partial charge >= 0.3 is 0 Å². The summed E-state index contributed by atoms with van der Waals surface area (Å²) < 4.78 is 0. The summed E-state index contributed by atoms with van der Waals surface area (Å²) in [6.45, 7) is 5.03. The van der Waals surface area contributed by atoms with E-state index in [9.17, 15) is 0 Å². The standard InChI is InChI=1S/C11H23N3/c1-13(2)11-5-8-14(9-11)10-3-6-12-7-4-10/h10-12H,3-9H2,1-2H3. The van der Waals surface area contributed by atoms with Gasteiger partial charge in [-0.15, -0.1) is 0 Å². The minimum Gasteiger partial charge on any atom is -0.317 e. The van der Waals surface area contributed by atoms with Crippen LogP contribution in [0.4, 0.5) is 0 Å². The largest absolute Gasteiger partial charge is 0.317 e. The van der Waals surface area contributed by atoms with Crippen LogP contribution in [0, 0.1) is 0 Å². The fraction of sp³-hybridized carbons (Fsp3) is 1.00. The molecule has 14 heavy (non-hydrogen) atoms. The zero-order valence-corrected chi connectivity index (χ0v) is 9.50. The van der Waals surface area contributed by atoms with Gasteiger partial charge in [0.25, 0.3) is 0 Å². The first-order valence-corrected chi connectivity index (χ1v) is 5.88. The normalized spacial score (nSPS) is 31.5. The molecule has 3 heteroatoms. The topological polar surface area (TPSA) is 18.5 Å². The third-order valence-electron chi connectivity index (χ3n) is 3.75. The molecule has 2 fully saturated rings. The lowest BCUT2D eigenvalue weighted by Crippen LogP contribution is -2.43. The molecular weight excluding hydrogens is 174 g/mol. The van der Waals surface area contributed by atoms with E-state index in [2.05, 4.69) is 29.2 Å². The van der Waals surface area contributed by atoms with Crippen molar-refractivity contribution in [2.45, 2.75) is 31.3 Å². The molecule has 0 amide bonds. The Bertz CT molecular complexity index is 175. The number of nitrogens with zero attached hydrogens (tertiary/aromatic N) is 2. The summed E-state index contributed by atoms with van der Waals surface area (Å²) in [5.41, 5.74) is 0. The number of nitrogens with one attached hydrogen (secondary N) is 1. The molecule has 1 N–H and O–H groups in total. The molecule has 0 radical (unpaired) electrons. The average Bonchev–Trinajstić information content (AvgIpc) is 2.68. The van der Waals surface area contributed by atoms with Crippen molar-refractivity contribution in [1.82, 2.24) is 15.1 Å². The first kappa shape index (κ1) is 10.4. The molecule has 82 valence electrons. The number of likely N-dealkylation sites (tertiary alicyclic amines) is 1. The lowest BCUT2D eigenvalue weighted by atomic mass is 10.1. The average molecular weight is 197 g/mol. The maximum atomic E-state index is 3.44. The Labute approximate surface area is 87.4 Å². The molecule has 2 aliphatic rings. The molecule has 0 aromatic rings. The summed E-state index contributed by atoms with van der Waals surface area (Å²) in [4.78, 5) is 5.08. The molecule has 0 saturated carbocycles. The molecule has 0 spiro atoms. The van der Waals surface area contributed by atoms with Crippen LogP contribution in [0.25, 0.3) is 0 Å². The van der Waals surface area contributed by atoms with Crippen molar-refractivity contribution in [3.63, 3.8) is 0 Å². The highest BCUT2D eigenvalue weighted by molar-refractivity contribution is 4.87. The van der Waals surface area contributed by atoms with Gasteiger partial charge in [-0.25, -0.2) is 0 Å². The summed E-state index contributed by atoms with van der Waals surface area (Å²) >= 11 is 0. The van der Waals surface area contributed by atoms with Gasteiger partial charge in [0, 0.05) is 25.2 Å². The number of hydrogen-bond acceptors (Lipinski definition) is 3. The number of likely N-dealkylation sites (N-methyl/N-ethyl adjacent to an activating group) is 1. The van der Waals surface area contributed by atoms with Crippen LogP contribution in [0.3, 0.4) is 0 Å². The third kappa shape index (κ3) is 2.27. The number of rotatable bonds is 2. The summed E-state index contributed by atoms with van der Waals surface area (Å²) in [6.07, 6.45) is 4.05. The van der Waals surface area contributed by atoms with Crippen molar-refractivity contribution in [1.29, 1.82) is 0 Å². The van der Waals surface area contributed by atoms with E-state index in [0.29, 0.717) is 0 Å². The maximum absolute atomic E-state index is 3.44. The predicted octanol–water partition coefficient (Wildman–Crippen LogP) is 0.374. The molecule has 2 rings (SSSR count). The Morgan fingerprint density at radius 1 is 1.14 bits per heavy atom. The quantitative estimate of drug-likeness (QED) is 0.690. The summed E-state index contributed by atoms with van der Waals surface area (Å²) in [5.74, 6) is 0. The second-order valence-electron chi connectivity index (χ2n) is 4.88. The Balaban J connectivity index is 1.82. The van der Waals surface area contributed by atoms with Crippen LogP contribution in [-0.2, 0) is 0 Å². The minimum absolute atomic E-state index is 0.796. The van der Waals surface area contributed by atoms with E-state index in [1.54, 1.807) is 0 Å². The van der Waals surface area contributed by atoms with Crippen molar-refractivity contribution in [2.75, 3.05) is 40.3 Å². The highest BCUT2D eigenvalue weighted by Gasteiger charge is 2.29. The van der Waals surface area contributed by atoms with E-state index in [0.717, 1.165) is 12.1 Å². The SMILES string of the molecule is CN(C)C1CCN(C2CCNCC2)C1. The first-order chi connectivity index (χ1) is 6.77. The summed E-state index contributed by atoms with van der Waals surface area (Å²) in [6, 6.07) is 1.66. The van der Waals surface area contributed by atoms with Crippen molar-refractivity contribution < 1.29 is 0 Å². The van der Waals surface area contributed by atoms with Gasteiger partial charge in [-0.2, -0.15) is 0 Å². The fourth-order valence-corrected chi connectivity index (χ4v) is 2.69. The Morgan fingerprint density at radius 3 is 2.43 bits per heavy atom. The van der Waals surface area contributed by atoms with Crippen molar-refractivity contribution >= 4 is 0 Å². The zero-order valence-electron chi connectivity index (χ0n) is 9.50. The van der Waals surface area contributed by atoms with Gasteiger partial charge in [-0.3, -0.25) is 4.90 Å².